The van der Waals surface area contributed by atoms with E-state index in [9.17, 15) is 4.79 Å². The molecule has 30 heavy (non-hydrogen) atoms. The van der Waals surface area contributed by atoms with Gasteiger partial charge in [-0.25, -0.2) is 0 Å². The molecule has 0 aliphatic heterocycles. The first-order valence-electron chi connectivity index (χ1n) is 10.1. The number of likely N-dealkylation sites (N-methyl/N-ethyl adjacent to an activating group) is 1. The van der Waals surface area contributed by atoms with Gasteiger partial charge < -0.3 is 14.2 Å². The number of nitrogens with zero attached hydrogens (tertiary/aromatic N) is 3. The first-order valence-corrected chi connectivity index (χ1v) is 10.1. The van der Waals surface area contributed by atoms with E-state index in [0.29, 0.717) is 17.5 Å². The highest BCUT2D eigenvalue weighted by Gasteiger charge is 2.22. The van der Waals surface area contributed by atoms with Crippen LogP contribution in [0.1, 0.15) is 44.7 Å². The van der Waals surface area contributed by atoms with Crippen LogP contribution in [0.15, 0.2) is 53.1 Å². The van der Waals surface area contributed by atoms with Crippen molar-refractivity contribution in [3.8, 4) is 17.1 Å². The van der Waals surface area contributed by atoms with Gasteiger partial charge in [0.25, 0.3) is 5.91 Å². The fraction of sp³-hybridized carbons (Fsp3) is 0.375. The quantitative estimate of drug-likeness (QED) is 0.589. The topological polar surface area (TPSA) is 68.5 Å². The van der Waals surface area contributed by atoms with Gasteiger partial charge in [-0.2, -0.15) is 4.98 Å². The SMILES string of the molecule is Cc1ccc(-c2noc(CN(C)C(=O)[C@H](C)Oc3ccc(C(C)(C)C)cc3)n2)cc1. The molecular formula is C24H29N3O3. The molecule has 0 aliphatic rings. The fourth-order valence-corrected chi connectivity index (χ4v) is 3.02. The highest BCUT2D eigenvalue weighted by Crippen LogP contribution is 2.25. The smallest absolute Gasteiger partial charge is 0.263 e. The summed E-state index contributed by atoms with van der Waals surface area (Å²) in [5, 5.41) is 4.01. The lowest BCUT2D eigenvalue weighted by molar-refractivity contribution is -0.137. The molecular weight excluding hydrogens is 378 g/mol. The number of amides is 1. The van der Waals surface area contributed by atoms with Crippen LogP contribution < -0.4 is 4.74 Å². The molecule has 3 rings (SSSR count). The molecule has 0 bridgehead atoms. The molecule has 0 aliphatic carbocycles. The lowest BCUT2D eigenvalue weighted by Crippen LogP contribution is -2.37. The minimum Gasteiger partial charge on any atom is -0.481 e. The Balaban J connectivity index is 1.59. The number of carbonyl (C=O) groups excluding carboxylic acids is 1. The van der Waals surface area contributed by atoms with Gasteiger partial charge in [0, 0.05) is 12.6 Å². The van der Waals surface area contributed by atoms with Crippen LogP contribution in [0.2, 0.25) is 0 Å². The van der Waals surface area contributed by atoms with Crippen LogP contribution in [-0.2, 0) is 16.8 Å². The van der Waals surface area contributed by atoms with Crippen LogP contribution in [0.3, 0.4) is 0 Å². The van der Waals surface area contributed by atoms with Crippen molar-refractivity contribution < 1.29 is 14.1 Å². The molecule has 1 aromatic heterocycles. The second-order valence-corrected chi connectivity index (χ2v) is 8.61. The number of hydrogen-bond acceptors (Lipinski definition) is 5. The van der Waals surface area contributed by atoms with Gasteiger partial charge in [0.1, 0.15) is 5.75 Å². The van der Waals surface area contributed by atoms with Gasteiger partial charge in [-0.15, -0.1) is 0 Å². The molecule has 6 nitrogen and oxygen atoms in total. The maximum Gasteiger partial charge on any atom is 0.263 e. The van der Waals surface area contributed by atoms with Gasteiger partial charge in [-0.1, -0.05) is 67.9 Å². The van der Waals surface area contributed by atoms with E-state index in [1.54, 1.807) is 14.0 Å². The third-order valence-electron chi connectivity index (χ3n) is 4.91. The van der Waals surface area contributed by atoms with E-state index in [1.807, 2.05) is 55.5 Å². The molecule has 1 amide bonds. The fourth-order valence-electron chi connectivity index (χ4n) is 3.02. The zero-order valence-corrected chi connectivity index (χ0v) is 18.5. The van der Waals surface area contributed by atoms with E-state index in [1.165, 1.54) is 10.5 Å². The Bertz CT molecular complexity index is 986. The molecule has 158 valence electrons. The number of hydrogen-bond donors (Lipinski definition) is 0. The highest BCUT2D eigenvalue weighted by atomic mass is 16.5. The van der Waals surface area contributed by atoms with Crippen molar-refractivity contribution in [1.29, 1.82) is 0 Å². The molecule has 1 heterocycles. The molecule has 0 unspecified atom stereocenters. The number of aromatic nitrogens is 2. The van der Waals surface area contributed by atoms with Crippen LogP contribution in [0, 0.1) is 6.92 Å². The molecule has 0 spiro atoms. The number of carbonyl (C=O) groups is 1. The average Bonchev–Trinajstić information content (AvgIpc) is 3.16. The molecule has 0 radical (unpaired) electrons. The van der Waals surface area contributed by atoms with Gasteiger partial charge in [0.15, 0.2) is 6.10 Å². The van der Waals surface area contributed by atoms with Gasteiger partial charge >= 0.3 is 0 Å². The summed E-state index contributed by atoms with van der Waals surface area (Å²) in [5.74, 6) is 1.39. The zero-order chi connectivity index (χ0) is 21.9. The summed E-state index contributed by atoms with van der Waals surface area (Å²) in [6.07, 6.45) is -0.630. The van der Waals surface area contributed by atoms with Gasteiger partial charge in [0.2, 0.25) is 11.7 Å². The summed E-state index contributed by atoms with van der Waals surface area (Å²) in [6, 6.07) is 15.7. The Morgan fingerprint density at radius 2 is 1.73 bits per heavy atom. The van der Waals surface area contributed by atoms with Crippen molar-refractivity contribution >= 4 is 5.91 Å². The van der Waals surface area contributed by atoms with Crippen LogP contribution in [0.4, 0.5) is 0 Å². The maximum absolute atomic E-state index is 12.7. The minimum absolute atomic E-state index is 0.0711. The molecule has 1 atom stereocenters. The Morgan fingerprint density at radius 3 is 2.33 bits per heavy atom. The summed E-state index contributed by atoms with van der Waals surface area (Å²) in [5.41, 5.74) is 3.32. The number of ether oxygens (including phenoxy) is 1. The van der Waals surface area contributed by atoms with E-state index < -0.39 is 6.10 Å². The van der Waals surface area contributed by atoms with Crippen molar-refractivity contribution in [3.05, 3.63) is 65.5 Å². The normalized spacial score (nSPS) is 12.5. The largest absolute Gasteiger partial charge is 0.481 e. The molecule has 3 aromatic rings. The first kappa shape index (κ1) is 21.6. The first-order chi connectivity index (χ1) is 14.1. The average molecular weight is 408 g/mol. The van der Waals surface area contributed by atoms with E-state index in [4.69, 9.17) is 9.26 Å². The van der Waals surface area contributed by atoms with E-state index in [0.717, 1.165) is 11.1 Å². The summed E-state index contributed by atoms with van der Waals surface area (Å²) >= 11 is 0. The van der Waals surface area contributed by atoms with Gasteiger partial charge in [-0.3, -0.25) is 4.79 Å². The highest BCUT2D eigenvalue weighted by molar-refractivity contribution is 5.80. The Labute approximate surface area is 177 Å². The summed E-state index contributed by atoms with van der Waals surface area (Å²) in [7, 11) is 1.70. The van der Waals surface area contributed by atoms with Gasteiger partial charge in [0.05, 0.1) is 6.54 Å². The van der Waals surface area contributed by atoms with Crippen molar-refractivity contribution in [2.45, 2.75) is 52.7 Å². The summed E-state index contributed by atoms with van der Waals surface area (Å²) in [6.45, 7) is 10.5. The van der Waals surface area contributed by atoms with Crippen LogP contribution in [0.5, 0.6) is 5.75 Å². The number of rotatable bonds is 6. The van der Waals surface area contributed by atoms with Crippen molar-refractivity contribution in [3.63, 3.8) is 0 Å². The monoisotopic (exact) mass is 407 g/mol. The van der Waals surface area contributed by atoms with E-state index in [-0.39, 0.29) is 17.9 Å². The molecule has 6 heteroatoms. The summed E-state index contributed by atoms with van der Waals surface area (Å²) < 4.78 is 11.1. The summed E-state index contributed by atoms with van der Waals surface area (Å²) in [4.78, 5) is 18.6. The van der Waals surface area contributed by atoms with Gasteiger partial charge in [-0.05, 0) is 37.0 Å². The maximum atomic E-state index is 12.7. The Hall–Kier alpha value is -3.15. The predicted octanol–water partition coefficient (Wildman–Crippen LogP) is 4.77. The molecule has 2 aromatic carbocycles. The predicted molar refractivity (Wildman–Crippen MR) is 116 cm³/mol. The van der Waals surface area contributed by atoms with Crippen molar-refractivity contribution in [2.75, 3.05) is 7.05 Å². The van der Waals surface area contributed by atoms with Crippen molar-refractivity contribution in [2.24, 2.45) is 0 Å². The zero-order valence-electron chi connectivity index (χ0n) is 18.5. The molecule has 0 saturated carbocycles. The lowest BCUT2D eigenvalue weighted by Gasteiger charge is -2.22. The van der Waals surface area contributed by atoms with Crippen LogP contribution in [0.25, 0.3) is 11.4 Å². The van der Waals surface area contributed by atoms with Crippen LogP contribution >= 0.6 is 0 Å². The molecule has 0 saturated heterocycles. The second-order valence-electron chi connectivity index (χ2n) is 8.61. The third-order valence-corrected chi connectivity index (χ3v) is 4.91. The van der Waals surface area contributed by atoms with E-state index in [2.05, 4.69) is 30.9 Å². The number of benzene rings is 2. The third kappa shape index (κ3) is 5.26. The Kier molecular flexibility index (Phi) is 6.25. The van der Waals surface area contributed by atoms with Crippen molar-refractivity contribution in [1.82, 2.24) is 15.0 Å². The lowest BCUT2D eigenvalue weighted by atomic mass is 9.87. The molecule has 0 N–H and O–H groups in total. The van der Waals surface area contributed by atoms with E-state index >= 15 is 0 Å². The number of aryl methyl sites for hydroxylation is 1. The second kappa shape index (κ2) is 8.69. The molecule has 0 fully saturated rings. The Morgan fingerprint density at radius 1 is 1.10 bits per heavy atom. The standard InChI is InChI=1S/C24H29N3O3/c1-16-7-9-18(10-8-16)22-25-21(30-26-22)15-27(6)23(28)17(2)29-20-13-11-19(12-14-20)24(3,4)5/h7-14,17H,15H2,1-6H3/t17-/m0/s1. The minimum atomic E-state index is -0.630. The van der Waals surface area contributed by atoms with Crippen LogP contribution in [-0.4, -0.2) is 34.1 Å².